The molecule has 0 heterocycles. The third kappa shape index (κ3) is 3.29. The molecule has 0 aliphatic rings. The Balaban J connectivity index is 2.82. The van der Waals surface area contributed by atoms with Crippen LogP contribution >= 0.6 is 0 Å². The Labute approximate surface area is 95.7 Å². The van der Waals surface area contributed by atoms with E-state index in [1.54, 1.807) is 6.07 Å². The number of rotatable bonds is 6. The zero-order valence-corrected chi connectivity index (χ0v) is 9.62. The molecule has 0 saturated carbocycles. The van der Waals surface area contributed by atoms with E-state index in [4.69, 9.17) is 0 Å². The SMILES string of the molecule is CCCC(CO)(CO)Cc1cccc(F)c1. The molecule has 0 saturated heterocycles. The highest BCUT2D eigenvalue weighted by Crippen LogP contribution is 2.28. The molecule has 0 fully saturated rings. The first-order valence-corrected chi connectivity index (χ1v) is 5.62. The average Bonchev–Trinajstić information content (AvgIpc) is 2.28. The Hall–Kier alpha value is -0.930. The Bertz CT molecular complexity index is 321. The van der Waals surface area contributed by atoms with Gasteiger partial charge in [0, 0.05) is 5.41 Å². The quantitative estimate of drug-likeness (QED) is 0.780. The molecule has 1 aromatic rings. The van der Waals surface area contributed by atoms with Gasteiger partial charge >= 0.3 is 0 Å². The van der Waals surface area contributed by atoms with Crippen LogP contribution in [0.2, 0.25) is 0 Å². The highest BCUT2D eigenvalue weighted by molar-refractivity contribution is 5.18. The third-order valence-electron chi connectivity index (χ3n) is 2.92. The van der Waals surface area contributed by atoms with Crippen LogP contribution < -0.4 is 0 Å². The van der Waals surface area contributed by atoms with Gasteiger partial charge in [-0.3, -0.25) is 0 Å². The summed E-state index contributed by atoms with van der Waals surface area (Å²) in [6.07, 6.45) is 2.12. The van der Waals surface area contributed by atoms with Gasteiger partial charge in [-0.25, -0.2) is 4.39 Å². The summed E-state index contributed by atoms with van der Waals surface area (Å²) in [7, 11) is 0. The summed E-state index contributed by atoms with van der Waals surface area (Å²) in [5, 5.41) is 18.8. The molecule has 1 rings (SSSR count). The van der Waals surface area contributed by atoms with Gasteiger partial charge in [0.2, 0.25) is 0 Å². The van der Waals surface area contributed by atoms with E-state index in [0.717, 1.165) is 18.4 Å². The van der Waals surface area contributed by atoms with Gasteiger partial charge in [0.15, 0.2) is 0 Å². The summed E-state index contributed by atoms with van der Waals surface area (Å²) in [6.45, 7) is 1.85. The van der Waals surface area contributed by atoms with Crippen molar-refractivity contribution in [2.75, 3.05) is 13.2 Å². The molecule has 1 aromatic carbocycles. The lowest BCUT2D eigenvalue weighted by Crippen LogP contribution is -2.32. The number of hydrogen-bond acceptors (Lipinski definition) is 2. The smallest absolute Gasteiger partial charge is 0.123 e. The predicted octanol–water partition coefficient (Wildman–Crippen LogP) is 2.14. The monoisotopic (exact) mass is 226 g/mol. The maximum absolute atomic E-state index is 13.0. The molecule has 2 N–H and O–H groups in total. The Morgan fingerprint density at radius 1 is 1.25 bits per heavy atom. The van der Waals surface area contributed by atoms with Crippen LogP contribution in [0.1, 0.15) is 25.3 Å². The number of aliphatic hydroxyl groups excluding tert-OH is 2. The second-order valence-electron chi connectivity index (χ2n) is 4.37. The number of hydrogen-bond donors (Lipinski definition) is 2. The summed E-state index contributed by atoms with van der Waals surface area (Å²) in [6, 6.07) is 6.31. The number of benzene rings is 1. The third-order valence-corrected chi connectivity index (χ3v) is 2.92. The van der Waals surface area contributed by atoms with Gasteiger partial charge in [-0.1, -0.05) is 25.5 Å². The first kappa shape index (κ1) is 13.1. The molecule has 2 nitrogen and oxygen atoms in total. The van der Waals surface area contributed by atoms with E-state index in [9.17, 15) is 14.6 Å². The van der Waals surface area contributed by atoms with E-state index in [1.807, 2.05) is 13.0 Å². The van der Waals surface area contributed by atoms with Crippen molar-refractivity contribution < 1.29 is 14.6 Å². The lowest BCUT2D eigenvalue weighted by molar-refractivity contribution is 0.0466. The van der Waals surface area contributed by atoms with E-state index in [1.165, 1.54) is 12.1 Å². The lowest BCUT2D eigenvalue weighted by Gasteiger charge is -2.29. The van der Waals surface area contributed by atoms with Crippen molar-refractivity contribution in [2.45, 2.75) is 26.2 Å². The van der Waals surface area contributed by atoms with Gasteiger partial charge in [-0.05, 0) is 30.5 Å². The fourth-order valence-corrected chi connectivity index (χ4v) is 2.02. The van der Waals surface area contributed by atoms with Crippen LogP contribution in [0.25, 0.3) is 0 Å². The first-order chi connectivity index (χ1) is 7.65. The van der Waals surface area contributed by atoms with Crippen LogP contribution in [0.5, 0.6) is 0 Å². The molecule has 0 unspecified atom stereocenters. The van der Waals surface area contributed by atoms with Crippen molar-refractivity contribution in [3.8, 4) is 0 Å². The average molecular weight is 226 g/mol. The molecule has 0 bridgehead atoms. The largest absolute Gasteiger partial charge is 0.396 e. The topological polar surface area (TPSA) is 40.5 Å². The molecular weight excluding hydrogens is 207 g/mol. The van der Waals surface area contributed by atoms with Gasteiger partial charge in [0.05, 0.1) is 13.2 Å². The van der Waals surface area contributed by atoms with E-state index in [-0.39, 0.29) is 19.0 Å². The molecule has 0 spiro atoms. The second-order valence-corrected chi connectivity index (χ2v) is 4.37. The zero-order chi connectivity index (χ0) is 12.0. The van der Waals surface area contributed by atoms with Gasteiger partial charge < -0.3 is 10.2 Å². The predicted molar refractivity (Wildman–Crippen MR) is 61.6 cm³/mol. The second kappa shape index (κ2) is 5.97. The molecule has 0 aromatic heterocycles. The fraction of sp³-hybridized carbons (Fsp3) is 0.538. The number of halogens is 1. The van der Waals surface area contributed by atoms with E-state index < -0.39 is 5.41 Å². The van der Waals surface area contributed by atoms with E-state index >= 15 is 0 Å². The van der Waals surface area contributed by atoms with Crippen LogP contribution in [0.15, 0.2) is 24.3 Å². The molecule has 16 heavy (non-hydrogen) atoms. The summed E-state index contributed by atoms with van der Waals surface area (Å²) in [5.74, 6) is -0.279. The van der Waals surface area contributed by atoms with Gasteiger partial charge in [-0.15, -0.1) is 0 Å². The van der Waals surface area contributed by atoms with E-state index in [0.29, 0.717) is 6.42 Å². The lowest BCUT2D eigenvalue weighted by atomic mass is 9.79. The van der Waals surface area contributed by atoms with Crippen molar-refractivity contribution in [3.63, 3.8) is 0 Å². The maximum atomic E-state index is 13.0. The van der Waals surface area contributed by atoms with Crippen LogP contribution in [0.4, 0.5) is 4.39 Å². The minimum Gasteiger partial charge on any atom is -0.396 e. The van der Waals surface area contributed by atoms with Crippen molar-refractivity contribution in [3.05, 3.63) is 35.6 Å². The first-order valence-electron chi connectivity index (χ1n) is 5.62. The molecule has 0 amide bonds. The fourth-order valence-electron chi connectivity index (χ4n) is 2.02. The summed E-state index contributed by atoms with van der Waals surface area (Å²) < 4.78 is 13.0. The molecule has 0 aliphatic carbocycles. The van der Waals surface area contributed by atoms with Crippen LogP contribution in [0.3, 0.4) is 0 Å². The molecule has 0 atom stereocenters. The van der Waals surface area contributed by atoms with Crippen LogP contribution in [-0.2, 0) is 6.42 Å². The Kier molecular flexibility index (Phi) is 4.90. The van der Waals surface area contributed by atoms with Crippen molar-refractivity contribution in [2.24, 2.45) is 5.41 Å². The standard InChI is InChI=1S/C13H19FO2/c1-2-6-13(9-15,10-16)8-11-4-3-5-12(14)7-11/h3-5,7,15-16H,2,6,8-10H2,1H3. The van der Waals surface area contributed by atoms with Crippen molar-refractivity contribution in [1.29, 1.82) is 0 Å². The van der Waals surface area contributed by atoms with Crippen molar-refractivity contribution in [1.82, 2.24) is 0 Å². The summed E-state index contributed by atoms with van der Waals surface area (Å²) >= 11 is 0. The maximum Gasteiger partial charge on any atom is 0.123 e. The molecule has 0 aliphatic heterocycles. The van der Waals surface area contributed by atoms with Crippen LogP contribution in [-0.4, -0.2) is 23.4 Å². The van der Waals surface area contributed by atoms with Gasteiger partial charge in [0.25, 0.3) is 0 Å². The highest BCUT2D eigenvalue weighted by atomic mass is 19.1. The van der Waals surface area contributed by atoms with Crippen LogP contribution in [0, 0.1) is 11.2 Å². The van der Waals surface area contributed by atoms with Crippen molar-refractivity contribution >= 4 is 0 Å². The molecular formula is C13H19FO2. The number of aliphatic hydroxyl groups is 2. The zero-order valence-electron chi connectivity index (χ0n) is 9.62. The minimum atomic E-state index is -0.525. The summed E-state index contributed by atoms with van der Waals surface area (Å²) in [5.41, 5.74) is 0.291. The molecule has 3 heteroatoms. The Morgan fingerprint density at radius 2 is 1.94 bits per heavy atom. The summed E-state index contributed by atoms with van der Waals surface area (Å²) in [4.78, 5) is 0. The molecule has 0 radical (unpaired) electrons. The van der Waals surface area contributed by atoms with Gasteiger partial charge in [-0.2, -0.15) is 0 Å². The normalized spacial score (nSPS) is 11.8. The van der Waals surface area contributed by atoms with Gasteiger partial charge in [0.1, 0.15) is 5.82 Å². The highest BCUT2D eigenvalue weighted by Gasteiger charge is 2.28. The Morgan fingerprint density at radius 3 is 2.44 bits per heavy atom. The minimum absolute atomic E-state index is 0.0755. The van der Waals surface area contributed by atoms with E-state index in [2.05, 4.69) is 0 Å². The molecule has 90 valence electrons.